The average Bonchev–Trinajstić information content (AvgIpc) is 2.98. The predicted octanol–water partition coefficient (Wildman–Crippen LogP) is 15.6. The number of hydrogen-bond acceptors (Lipinski definition) is 20. The number of carbonyl (C=O) groups excluding carboxylic acids is 10. The van der Waals surface area contributed by atoms with Gasteiger partial charge in [-0.3, -0.25) is 47.9 Å². The molecule has 0 amide bonds. The average molecular weight is 1390 g/mol. The van der Waals surface area contributed by atoms with Gasteiger partial charge in [0.1, 0.15) is 55.2 Å². The van der Waals surface area contributed by atoms with E-state index >= 15 is 0 Å². The lowest BCUT2D eigenvalue weighted by Crippen LogP contribution is -2.12. The summed E-state index contributed by atoms with van der Waals surface area (Å²) < 4.78 is 24.0. The molecule has 0 aliphatic heterocycles. The van der Waals surface area contributed by atoms with E-state index in [4.69, 9.17) is 46.9 Å². The van der Waals surface area contributed by atoms with Gasteiger partial charge in [0.2, 0.25) is 0 Å². The molecule has 0 radical (unpaired) electrons. The molecule has 0 aliphatic carbocycles. The molecular formula is C69H86Cl2O15S5. The second-order valence-electron chi connectivity index (χ2n) is 20.4. The summed E-state index contributed by atoms with van der Waals surface area (Å²) in [5, 5.41) is -0.710. The normalized spacial score (nSPS) is 12.0. The third-order valence-electron chi connectivity index (χ3n) is 12.7. The van der Waals surface area contributed by atoms with Gasteiger partial charge in [0.05, 0.1) is 35.5 Å². The highest BCUT2D eigenvalue weighted by Crippen LogP contribution is 2.36. The van der Waals surface area contributed by atoms with Crippen molar-refractivity contribution in [3.8, 4) is 0 Å². The molecule has 15 nitrogen and oxygen atoms in total. The molecule has 0 heterocycles. The molecule has 5 unspecified atom stereocenters. The first-order chi connectivity index (χ1) is 43.1. The molecule has 91 heavy (non-hydrogen) atoms. The van der Waals surface area contributed by atoms with Crippen molar-refractivity contribution < 1.29 is 71.6 Å². The number of aryl methyl sites for hydroxylation is 4. The molecular weight excluding hydrogens is 1300 g/mol. The molecule has 0 aliphatic rings. The van der Waals surface area contributed by atoms with Crippen LogP contribution in [0.5, 0.6) is 0 Å². The highest BCUT2D eigenvalue weighted by atomic mass is 35.5. The van der Waals surface area contributed by atoms with Crippen LogP contribution in [0.15, 0.2) is 115 Å². The molecule has 0 N–H and O–H groups in total. The van der Waals surface area contributed by atoms with Crippen molar-refractivity contribution in [3.05, 3.63) is 175 Å². The van der Waals surface area contributed by atoms with E-state index in [1.54, 1.807) is 63.2 Å². The number of Topliss-reactive ketones (excluding diaryl/α,β-unsaturated/α-hetero) is 5. The summed E-state index contributed by atoms with van der Waals surface area (Å²) in [4.78, 5) is 113. The third kappa shape index (κ3) is 35.1. The molecule has 5 atom stereocenters. The molecule has 5 rings (SSSR count). The topological polar surface area (TPSA) is 217 Å². The van der Waals surface area contributed by atoms with Gasteiger partial charge in [-0.2, -0.15) is 0 Å². The van der Waals surface area contributed by atoms with Gasteiger partial charge in [-0.05, 0) is 126 Å². The molecule has 5 aromatic carbocycles. The van der Waals surface area contributed by atoms with Crippen molar-refractivity contribution in [2.24, 2.45) is 0 Å². The standard InChI is InChI=1S/C15H20O3S.2C14H18O3S.2C13H15ClO3S/c1-10-5-6-13(9-11(10)2)14(15(17)18-4)19-8-7-12(3)16;2*1-10-4-6-12(7-5-10)13(14(16)17-3)18-9-8-11(2)15;1-9(15)7-8-18-12(13(16)17-2)10-3-5-11(14)6-4-10;1-9(15)6-7-18-12(13(16)17-2)10-4-3-5-11(14)8-10/h5-6,9,14H,7-8H2,1-4H3;2*4-7,13H,8-9H2,1-3H3;3-6,12H,7-8H2,1-2H3;3-5,8,12H,6-7H2,1-2H3. The van der Waals surface area contributed by atoms with Crippen molar-refractivity contribution in [1.29, 1.82) is 0 Å². The Morgan fingerprint density at radius 3 is 0.824 bits per heavy atom. The highest BCUT2D eigenvalue weighted by molar-refractivity contribution is 8.01. The Morgan fingerprint density at radius 1 is 0.319 bits per heavy atom. The summed E-state index contributed by atoms with van der Waals surface area (Å²) in [7, 11) is 6.87. The quantitative estimate of drug-likeness (QED) is 0.0308. The number of methoxy groups -OCH3 is 5. The summed E-state index contributed by atoms with van der Waals surface area (Å²) >= 11 is 18.9. The van der Waals surface area contributed by atoms with E-state index in [1.165, 1.54) is 114 Å². The molecule has 22 heteroatoms. The van der Waals surface area contributed by atoms with E-state index in [-0.39, 0.29) is 74.5 Å². The van der Waals surface area contributed by atoms with E-state index in [0.717, 1.165) is 44.5 Å². The SMILES string of the molecule is COC(=O)C(SCCC(C)=O)c1ccc(C)c(C)c1.COC(=O)C(SCCC(C)=O)c1ccc(C)cc1.COC(=O)C(SCCC(C)=O)c1ccc(C)cc1.COC(=O)C(SCCC(C)=O)c1ccc(Cl)cc1.COC(=O)C(SCCC(C)=O)c1cccc(Cl)c1. The number of rotatable bonds is 30. The Labute approximate surface area is 568 Å². The van der Waals surface area contributed by atoms with Crippen LogP contribution in [0.4, 0.5) is 0 Å². The van der Waals surface area contributed by atoms with E-state index in [9.17, 15) is 47.9 Å². The summed E-state index contributed by atoms with van der Waals surface area (Å²) in [5.74, 6) is 2.24. The zero-order chi connectivity index (χ0) is 68.6. The van der Waals surface area contributed by atoms with Crippen LogP contribution in [0.2, 0.25) is 10.0 Å². The molecule has 496 valence electrons. The van der Waals surface area contributed by atoms with Gasteiger partial charge < -0.3 is 23.7 Å². The summed E-state index contributed by atoms with van der Waals surface area (Å²) in [6.07, 6.45) is 2.32. The lowest BCUT2D eigenvalue weighted by atomic mass is 10.0. The molecule has 5 aromatic rings. The first-order valence-electron chi connectivity index (χ1n) is 28.8. The van der Waals surface area contributed by atoms with Gasteiger partial charge in [0, 0.05) is 70.9 Å². The Hall–Kier alpha value is -5.87. The van der Waals surface area contributed by atoms with Crippen LogP contribution in [-0.4, -0.2) is 123 Å². The van der Waals surface area contributed by atoms with Crippen molar-refractivity contribution in [3.63, 3.8) is 0 Å². The third-order valence-corrected chi connectivity index (χ3v) is 19.4. The monoisotopic (exact) mass is 1380 g/mol. The van der Waals surface area contributed by atoms with Gasteiger partial charge in [-0.1, -0.05) is 125 Å². The van der Waals surface area contributed by atoms with Crippen LogP contribution < -0.4 is 0 Å². The first kappa shape index (κ1) is 83.1. The van der Waals surface area contributed by atoms with Crippen molar-refractivity contribution in [1.82, 2.24) is 0 Å². The highest BCUT2D eigenvalue weighted by Gasteiger charge is 2.26. The lowest BCUT2D eigenvalue weighted by molar-refractivity contribution is -0.141. The van der Waals surface area contributed by atoms with Crippen LogP contribution in [0, 0.1) is 27.7 Å². The van der Waals surface area contributed by atoms with Gasteiger partial charge in [-0.25, -0.2) is 0 Å². The minimum absolute atomic E-state index is 0.109. The largest absolute Gasteiger partial charge is 0.468 e. The van der Waals surface area contributed by atoms with Gasteiger partial charge in [-0.15, -0.1) is 58.8 Å². The zero-order valence-electron chi connectivity index (χ0n) is 54.3. The fourth-order valence-corrected chi connectivity index (χ4v) is 13.8. The maximum Gasteiger partial charge on any atom is 0.323 e. The van der Waals surface area contributed by atoms with Gasteiger partial charge >= 0.3 is 29.8 Å². The number of ketones is 5. The van der Waals surface area contributed by atoms with E-state index in [2.05, 4.69) is 0 Å². The minimum atomic E-state index is -0.437. The smallest absolute Gasteiger partial charge is 0.323 e. The second-order valence-corrected chi connectivity index (χ2v) is 27.3. The predicted molar refractivity (Wildman–Crippen MR) is 374 cm³/mol. The second kappa shape index (κ2) is 47.1. The van der Waals surface area contributed by atoms with Crippen LogP contribution in [0.1, 0.15) is 143 Å². The number of halogens is 2. The van der Waals surface area contributed by atoms with Crippen LogP contribution in [-0.2, 0) is 71.6 Å². The van der Waals surface area contributed by atoms with Crippen LogP contribution in [0.3, 0.4) is 0 Å². The van der Waals surface area contributed by atoms with Crippen LogP contribution in [0.25, 0.3) is 0 Å². The number of ether oxygens (including phenoxy) is 5. The first-order valence-corrected chi connectivity index (χ1v) is 34.8. The maximum absolute atomic E-state index is 11.9. The minimum Gasteiger partial charge on any atom is -0.468 e. The molecule has 0 aromatic heterocycles. The molecule has 0 spiro atoms. The number of benzene rings is 5. The zero-order valence-corrected chi connectivity index (χ0v) is 59.9. The maximum atomic E-state index is 11.9. The summed E-state index contributed by atoms with van der Waals surface area (Å²) in [5.41, 5.74) is 9.04. The van der Waals surface area contributed by atoms with E-state index in [1.807, 2.05) is 100 Å². The number of carbonyl (C=O) groups is 10. The lowest BCUT2D eigenvalue weighted by Gasteiger charge is -2.15. The summed E-state index contributed by atoms with van der Waals surface area (Å²) in [6.45, 7) is 15.8. The number of esters is 5. The Kier molecular flexibility index (Phi) is 43.0. The Morgan fingerprint density at radius 2 is 0.571 bits per heavy atom. The van der Waals surface area contributed by atoms with Gasteiger partial charge in [0.25, 0.3) is 0 Å². The fraction of sp³-hybridized carbons (Fsp3) is 0.420. The molecule has 0 fully saturated rings. The molecule has 0 bridgehead atoms. The van der Waals surface area contributed by atoms with Crippen molar-refractivity contribution >= 4 is 141 Å². The Bertz CT molecular complexity index is 2910. The van der Waals surface area contributed by atoms with E-state index < -0.39 is 10.5 Å². The van der Waals surface area contributed by atoms with Gasteiger partial charge in [0.15, 0.2) is 0 Å². The van der Waals surface area contributed by atoms with Crippen molar-refractivity contribution in [2.75, 3.05) is 64.3 Å². The summed E-state index contributed by atoms with van der Waals surface area (Å²) in [6, 6.07) is 35.7. The van der Waals surface area contributed by atoms with E-state index in [0.29, 0.717) is 70.9 Å². The Balaban J connectivity index is 0.000000569. The number of thioether (sulfide) groups is 5. The van der Waals surface area contributed by atoms with Crippen molar-refractivity contribution in [2.45, 2.75) is 121 Å². The molecule has 0 saturated heterocycles. The fourth-order valence-electron chi connectivity index (χ4n) is 7.36. The van der Waals surface area contributed by atoms with Crippen LogP contribution >= 0.6 is 82.0 Å². The molecule has 0 saturated carbocycles. The number of hydrogen-bond donors (Lipinski definition) is 0.